The van der Waals surface area contributed by atoms with Crippen LogP contribution < -0.4 is 0 Å². The molecule has 0 atom stereocenters. The van der Waals surface area contributed by atoms with Crippen LogP contribution in [0.2, 0.25) is 0 Å². The van der Waals surface area contributed by atoms with Crippen LogP contribution in [0.25, 0.3) is 0 Å². The largest absolute Gasteiger partial charge is 0.416 e. The van der Waals surface area contributed by atoms with Crippen molar-refractivity contribution in [3.8, 4) is 0 Å². The van der Waals surface area contributed by atoms with E-state index in [1.807, 2.05) is 30.3 Å². The quantitative estimate of drug-likeness (QED) is 0.686. The molecule has 0 aliphatic heterocycles. The first-order valence-corrected chi connectivity index (χ1v) is 8.40. The molecule has 0 aromatic heterocycles. The third-order valence-electron chi connectivity index (χ3n) is 5.08. The fourth-order valence-corrected chi connectivity index (χ4v) is 3.86. The summed E-state index contributed by atoms with van der Waals surface area (Å²) in [4.78, 5) is 13.4. The van der Waals surface area contributed by atoms with Crippen molar-refractivity contribution in [2.45, 2.75) is 43.9 Å². The number of benzene rings is 2. The number of halogens is 3. The lowest BCUT2D eigenvalue weighted by molar-refractivity contribution is -0.139. The molecule has 0 spiro atoms. The molecule has 2 aromatic carbocycles. The van der Waals surface area contributed by atoms with Crippen LogP contribution in [0.3, 0.4) is 0 Å². The maximum atomic E-state index is 13.3. The van der Waals surface area contributed by atoms with E-state index in [1.165, 1.54) is 12.1 Å². The lowest BCUT2D eigenvalue weighted by atomic mass is 9.86. The third-order valence-corrected chi connectivity index (χ3v) is 5.08. The van der Waals surface area contributed by atoms with Crippen molar-refractivity contribution < 1.29 is 18.0 Å². The number of hydrogen-bond acceptors (Lipinski definition) is 1. The fraction of sp³-hybridized carbons (Fsp3) is 0.350. The maximum Gasteiger partial charge on any atom is 0.416 e. The number of alkyl halides is 3. The van der Waals surface area contributed by atoms with Gasteiger partial charge in [-0.1, -0.05) is 61.4 Å². The van der Waals surface area contributed by atoms with E-state index in [9.17, 15) is 18.0 Å². The van der Waals surface area contributed by atoms with Crippen LogP contribution in [0.15, 0.2) is 54.6 Å². The van der Waals surface area contributed by atoms with Crippen LogP contribution in [0, 0.1) is 0 Å². The van der Waals surface area contributed by atoms with E-state index in [2.05, 4.69) is 0 Å². The zero-order valence-corrected chi connectivity index (χ0v) is 13.8. The average molecular weight is 347 g/mol. The highest BCUT2D eigenvalue weighted by Gasteiger charge is 2.42. The highest BCUT2D eigenvalue weighted by Crippen LogP contribution is 2.44. The Hall–Kier alpha value is -2.30. The zero-order valence-electron chi connectivity index (χ0n) is 13.8. The summed E-state index contributed by atoms with van der Waals surface area (Å²) >= 11 is 0. The molecule has 3 rings (SSSR count). The third kappa shape index (κ3) is 3.41. The molecular weight excluding hydrogens is 327 g/mol. The molecule has 1 aliphatic carbocycles. The predicted octanol–water partition coefficient (Wildman–Crippen LogP) is 5.13. The van der Waals surface area contributed by atoms with E-state index in [0.717, 1.165) is 37.3 Å². The number of carbonyl (C=O) groups excluding carboxylic acids is 1. The first-order chi connectivity index (χ1) is 12.0. The number of rotatable bonds is 5. The lowest BCUT2D eigenvalue weighted by Gasteiger charge is -2.40. The monoisotopic (exact) mass is 347 g/mol. The van der Waals surface area contributed by atoms with Gasteiger partial charge in [-0.3, -0.25) is 4.79 Å². The Balaban J connectivity index is 1.99. The summed E-state index contributed by atoms with van der Waals surface area (Å²) in [5, 5.41) is 0. The van der Waals surface area contributed by atoms with Crippen LogP contribution >= 0.6 is 0 Å². The highest BCUT2D eigenvalue weighted by molar-refractivity contribution is 5.52. The van der Waals surface area contributed by atoms with Crippen LogP contribution in [0.4, 0.5) is 13.2 Å². The molecule has 5 heteroatoms. The summed E-state index contributed by atoms with van der Waals surface area (Å²) in [5.41, 5.74) is -0.0849. The van der Waals surface area contributed by atoms with Gasteiger partial charge < -0.3 is 4.90 Å². The summed E-state index contributed by atoms with van der Waals surface area (Å²) in [7, 11) is 0. The molecule has 1 saturated carbocycles. The van der Waals surface area contributed by atoms with Gasteiger partial charge in [0.1, 0.15) is 0 Å². The van der Waals surface area contributed by atoms with Gasteiger partial charge in [0.25, 0.3) is 0 Å². The van der Waals surface area contributed by atoms with Gasteiger partial charge in [0, 0.05) is 6.54 Å². The average Bonchev–Trinajstić information content (AvgIpc) is 3.11. The lowest BCUT2D eigenvalue weighted by Crippen LogP contribution is -2.43. The Morgan fingerprint density at radius 1 is 0.960 bits per heavy atom. The molecule has 0 N–H and O–H groups in total. The molecule has 0 bridgehead atoms. The highest BCUT2D eigenvalue weighted by atomic mass is 19.4. The summed E-state index contributed by atoms with van der Waals surface area (Å²) in [6, 6.07) is 15.1. The van der Waals surface area contributed by atoms with Crippen molar-refractivity contribution in [2.75, 3.05) is 0 Å². The number of carbonyl (C=O) groups is 1. The summed E-state index contributed by atoms with van der Waals surface area (Å²) in [5.74, 6) is 0. The molecule has 1 amide bonds. The minimum absolute atomic E-state index is 0.0475. The molecule has 0 radical (unpaired) electrons. The predicted molar refractivity (Wildman–Crippen MR) is 89.6 cm³/mol. The van der Waals surface area contributed by atoms with Crippen LogP contribution in [-0.2, 0) is 23.1 Å². The summed E-state index contributed by atoms with van der Waals surface area (Å²) in [6.45, 7) is -0.0475. The molecule has 25 heavy (non-hydrogen) atoms. The van der Waals surface area contributed by atoms with Crippen LogP contribution in [0.1, 0.15) is 42.4 Å². The molecule has 0 saturated heterocycles. The van der Waals surface area contributed by atoms with Gasteiger partial charge >= 0.3 is 6.18 Å². The molecule has 0 unspecified atom stereocenters. The second-order valence-corrected chi connectivity index (χ2v) is 6.49. The first-order valence-electron chi connectivity index (χ1n) is 8.40. The van der Waals surface area contributed by atoms with Gasteiger partial charge in [-0.2, -0.15) is 13.2 Å². The van der Waals surface area contributed by atoms with Gasteiger partial charge in [-0.25, -0.2) is 0 Å². The first kappa shape index (κ1) is 17.5. The molecular formula is C20H20F3NO. The molecule has 132 valence electrons. The second kappa shape index (κ2) is 6.90. The van der Waals surface area contributed by atoms with Gasteiger partial charge in [0.15, 0.2) is 0 Å². The van der Waals surface area contributed by atoms with E-state index in [-0.39, 0.29) is 12.1 Å². The van der Waals surface area contributed by atoms with Crippen molar-refractivity contribution >= 4 is 6.41 Å². The molecule has 0 heterocycles. The van der Waals surface area contributed by atoms with Crippen molar-refractivity contribution in [3.05, 3.63) is 71.3 Å². The smallest absolute Gasteiger partial charge is 0.331 e. The maximum absolute atomic E-state index is 13.3. The topological polar surface area (TPSA) is 20.3 Å². The Labute approximate surface area is 145 Å². The molecule has 1 fully saturated rings. The number of hydrogen-bond donors (Lipinski definition) is 0. The van der Waals surface area contributed by atoms with Gasteiger partial charge in [-0.15, -0.1) is 0 Å². The minimum atomic E-state index is -4.43. The van der Waals surface area contributed by atoms with E-state index < -0.39 is 17.3 Å². The van der Waals surface area contributed by atoms with E-state index in [1.54, 1.807) is 11.0 Å². The SMILES string of the molecule is O=CN(Cc1ccccc1C(F)(F)F)C1(c2ccccc2)CCCC1. The van der Waals surface area contributed by atoms with E-state index in [0.29, 0.717) is 6.41 Å². The van der Waals surface area contributed by atoms with E-state index >= 15 is 0 Å². The van der Waals surface area contributed by atoms with Gasteiger partial charge in [0.2, 0.25) is 6.41 Å². The Morgan fingerprint density at radius 3 is 2.16 bits per heavy atom. The Kier molecular flexibility index (Phi) is 4.84. The van der Waals surface area contributed by atoms with Crippen molar-refractivity contribution in [1.29, 1.82) is 0 Å². The Morgan fingerprint density at radius 2 is 1.56 bits per heavy atom. The molecule has 1 aliphatic rings. The van der Waals surface area contributed by atoms with E-state index in [4.69, 9.17) is 0 Å². The van der Waals surface area contributed by atoms with Crippen molar-refractivity contribution in [3.63, 3.8) is 0 Å². The summed E-state index contributed by atoms with van der Waals surface area (Å²) in [6.07, 6.45) is -0.277. The molecule has 2 aromatic rings. The number of nitrogens with zero attached hydrogens (tertiary/aromatic N) is 1. The summed E-state index contributed by atoms with van der Waals surface area (Å²) < 4.78 is 39.9. The van der Waals surface area contributed by atoms with Crippen LogP contribution in [-0.4, -0.2) is 11.3 Å². The van der Waals surface area contributed by atoms with Gasteiger partial charge in [0.05, 0.1) is 11.1 Å². The fourth-order valence-electron chi connectivity index (χ4n) is 3.86. The van der Waals surface area contributed by atoms with Crippen LogP contribution in [0.5, 0.6) is 0 Å². The second-order valence-electron chi connectivity index (χ2n) is 6.49. The zero-order chi connectivity index (χ0) is 17.9. The standard InChI is InChI=1S/C20H20F3NO/c21-20(22,23)18-11-5-4-8-16(18)14-24(15-25)19(12-6-7-13-19)17-9-2-1-3-10-17/h1-5,8-11,15H,6-7,12-14H2. The van der Waals surface area contributed by atoms with Crippen molar-refractivity contribution in [1.82, 2.24) is 4.90 Å². The van der Waals surface area contributed by atoms with Crippen molar-refractivity contribution in [2.24, 2.45) is 0 Å². The molecule has 2 nitrogen and oxygen atoms in total. The minimum Gasteiger partial charge on any atom is -0.331 e. The number of amides is 1. The Bertz CT molecular complexity index is 721. The van der Waals surface area contributed by atoms with Gasteiger partial charge in [-0.05, 0) is 30.0 Å². The normalized spacial score (nSPS) is 16.6.